The molecule has 0 saturated heterocycles. The lowest BCUT2D eigenvalue weighted by Crippen LogP contribution is -2.23. The minimum Gasteiger partial charge on any atom is -0.360 e. The Morgan fingerprint density at radius 1 is 1.36 bits per heavy atom. The Bertz CT molecular complexity index is 908. The number of thioether (sulfide) groups is 1. The highest BCUT2D eigenvalue weighted by molar-refractivity contribution is 8.00. The topological polar surface area (TPSA) is 85.8 Å². The predicted octanol–water partition coefficient (Wildman–Crippen LogP) is 3.04. The van der Waals surface area contributed by atoms with Crippen LogP contribution in [0.25, 0.3) is 11.4 Å². The molecule has 1 N–H and O–H groups in total. The predicted molar refractivity (Wildman–Crippen MR) is 91.6 cm³/mol. The van der Waals surface area contributed by atoms with Gasteiger partial charge in [-0.2, -0.15) is 0 Å². The van der Waals surface area contributed by atoms with Crippen LogP contribution in [-0.4, -0.2) is 31.1 Å². The Morgan fingerprint density at radius 2 is 2.12 bits per heavy atom. The quantitative estimate of drug-likeness (QED) is 0.703. The number of hydrogen-bond acceptors (Lipinski definition) is 6. The van der Waals surface area contributed by atoms with Gasteiger partial charge in [0, 0.05) is 13.1 Å². The minimum absolute atomic E-state index is 0.242. The summed E-state index contributed by atoms with van der Waals surface area (Å²) in [6.45, 7) is 3.48. The third kappa shape index (κ3) is 3.71. The van der Waals surface area contributed by atoms with Gasteiger partial charge in [-0.1, -0.05) is 29.1 Å². The first kappa shape index (κ1) is 17.2. The summed E-state index contributed by atoms with van der Waals surface area (Å²) in [4.78, 5) is 12.2. The number of benzene rings is 1. The number of carbonyl (C=O) groups is 1. The van der Waals surface area contributed by atoms with Gasteiger partial charge in [0.15, 0.2) is 16.8 Å². The second kappa shape index (κ2) is 7.06. The fourth-order valence-corrected chi connectivity index (χ4v) is 2.97. The van der Waals surface area contributed by atoms with E-state index in [0.29, 0.717) is 28.1 Å². The van der Waals surface area contributed by atoms with E-state index in [1.165, 1.54) is 17.8 Å². The van der Waals surface area contributed by atoms with Crippen LogP contribution in [0.2, 0.25) is 0 Å². The van der Waals surface area contributed by atoms with Gasteiger partial charge < -0.3 is 14.4 Å². The van der Waals surface area contributed by atoms with Crippen LogP contribution in [0.4, 0.5) is 10.2 Å². The standard InChI is InChI=1S/C16H16FN5O2S/c1-9-8-13(21-24-9)18-15(23)10(2)25-16-20-19-14(22(16)3)11-6-4-5-7-12(11)17/h4-8,10H,1-3H3,(H,18,21,23)/t10-/m1/s1. The van der Waals surface area contributed by atoms with Gasteiger partial charge in [-0.3, -0.25) is 4.79 Å². The van der Waals surface area contributed by atoms with Gasteiger partial charge in [0.25, 0.3) is 0 Å². The van der Waals surface area contributed by atoms with Crippen LogP contribution in [0.5, 0.6) is 0 Å². The summed E-state index contributed by atoms with van der Waals surface area (Å²) < 4.78 is 20.5. The Morgan fingerprint density at radius 3 is 2.80 bits per heavy atom. The Balaban J connectivity index is 1.73. The zero-order valence-electron chi connectivity index (χ0n) is 13.9. The normalized spacial score (nSPS) is 12.2. The summed E-state index contributed by atoms with van der Waals surface area (Å²) in [5.74, 6) is 0.759. The van der Waals surface area contributed by atoms with E-state index < -0.39 is 5.25 Å². The number of carbonyl (C=O) groups excluding carboxylic acids is 1. The molecule has 0 aliphatic carbocycles. The molecule has 0 aliphatic heterocycles. The molecule has 2 heterocycles. The van der Waals surface area contributed by atoms with Crippen LogP contribution in [0.1, 0.15) is 12.7 Å². The molecule has 0 fully saturated rings. The highest BCUT2D eigenvalue weighted by Crippen LogP contribution is 2.27. The van der Waals surface area contributed by atoms with Crippen molar-refractivity contribution in [2.24, 2.45) is 7.05 Å². The summed E-state index contributed by atoms with van der Waals surface area (Å²) in [6, 6.07) is 7.98. The highest BCUT2D eigenvalue weighted by Gasteiger charge is 2.21. The fourth-order valence-electron chi connectivity index (χ4n) is 2.16. The molecule has 0 saturated carbocycles. The van der Waals surface area contributed by atoms with E-state index in [4.69, 9.17) is 4.52 Å². The van der Waals surface area contributed by atoms with Crippen molar-refractivity contribution in [2.75, 3.05) is 5.32 Å². The van der Waals surface area contributed by atoms with Crippen LogP contribution in [0, 0.1) is 12.7 Å². The maximum absolute atomic E-state index is 13.9. The lowest BCUT2D eigenvalue weighted by Gasteiger charge is -2.10. The molecule has 2 aromatic heterocycles. The van der Waals surface area contributed by atoms with Crippen LogP contribution in [0.3, 0.4) is 0 Å². The first-order valence-corrected chi connectivity index (χ1v) is 8.39. The largest absolute Gasteiger partial charge is 0.360 e. The van der Waals surface area contributed by atoms with E-state index in [2.05, 4.69) is 20.7 Å². The summed E-state index contributed by atoms with van der Waals surface area (Å²) in [5.41, 5.74) is 0.361. The number of rotatable bonds is 5. The van der Waals surface area contributed by atoms with Crippen molar-refractivity contribution in [1.29, 1.82) is 0 Å². The number of hydrogen-bond donors (Lipinski definition) is 1. The third-order valence-corrected chi connectivity index (χ3v) is 4.61. The first-order chi connectivity index (χ1) is 12.0. The smallest absolute Gasteiger partial charge is 0.238 e. The molecule has 0 radical (unpaired) electrons. The summed E-state index contributed by atoms with van der Waals surface area (Å²) in [7, 11) is 1.73. The van der Waals surface area contributed by atoms with E-state index in [-0.39, 0.29) is 11.7 Å². The molecule has 0 bridgehead atoms. The van der Waals surface area contributed by atoms with Crippen molar-refractivity contribution in [3.8, 4) is 11.4 Å². The molecule has 0 aliphatic rings. The molecular formula is C16H16FN5O2S. The van der Waals surface area contributed by atoms with E-state index in [1.807, 2.05) is 0 Å². The molecule has 1 aromatic carbocycles. The van der Waals surface area contributed by atoms with Crippen LogP contribution < -0.4 is 5.32 Å². The summed E-state index contributed by atoms with van der Waals surface area (Å²) in [5, 5.41) is 14.6. The van der Waals surface area contributed by atoms with Crippen molar-refractivity contribution < 1.29 is 13.7 Å². The van der Waals surface area contributed by atoms with Crippen LogP contribution >= 0.6 is 11.8 Å². The minimum atomic E-state index is -0.451. The van der Waals surface area contributed by atoms with Crippen molar-refractivity contribution in [3.05, 3.63) is 41.9 Å². The number of nitrogens with one attached hydrogen (secondary N) is 1. The number of amides is 1. The van der Waals surface area contributed by atoms with Crippen molar-refractivity contribution in [1.82, 2.24) is 19.9 Å². The molecule has 0 spiro atoms. The number of aryl methyl sites for hydroxylation is 1. The average molecular weight is 361 g/mol. The monoisotopic (exact) mass is 361 g/mol. The number of halogens is 1. The molecule has 0 unspecified atom stereocenters. The van der Waals surface area contributed by atoms with Gasteiger partial charge in [0.05, 0.1) is 10.8 Å². The molecule has 3 rings (SSSR count). The Labute approximate surface area is 147 Å². The summed E-state index contributed by atoms with van der Waals surface area (Å²) >= 11 is 1.22. The molecule has 130 valence electrons. The molecule has 3 aromatic rings. The van der Waals surface area contributed by atoms with Crippen molar-refractivity contribution in [3.63, 3.8) is 0 Å². The third-order valence-electron chi connectivity index (χ3n) is 3.48. The SMILES string of the molecule is Cc1cc(NC(=O)[C@@H](C)Sc2nnc(-c3ccccc3F)n2C)no1. The maximum Gasteiger partial charge on any atom is 0.238 e. The number of aromatic nitrogens is 4. The van der Waals surface area contributed by atoms with E-state index in [0.717, 1.165) is 0 Å². The molecule has 25 heavy (non-hydrogen) atoms. The second-order valence-corrected chi connectivity index (χ2v) is 6.73. The van der Waals surface area contributed by atoms with Crippen LogP contribution in [0.15, 0.2) is 40.0 Å². The fraction of sp³-hybridized carbons (Fsp3) is 0.250. The molecule has 1 atom stereocenters. The second-order valence-electron chi connectivity index (χ2n) is 5.42. The van der Waals surface area contributed by atoms with Crippen LogP contribution in [-0.2, 0) is 11.8 Å². The van der Waals surface area contributed by atoms with E-state index in [9.17, 15) is 9.18 Å². The molecule has 7 nitrogen and oxygen atoms in total. The first-order valence-electron chi connectivity index (χ1n) is 7.51. The Kier molecular flexibility index (Phi) is 4.84. The van der Waals surface area contributed by atoms with Gasteiger partial charge >= 0.3 is 0 Å². The average Bonchev–Trinajstić information content (AvgIpc) is 3.14. The van der Waals surface area contributed by atoms with Gasteiger partial charge in [-0.15, -0.1) is 10.2 Å². The van der Waals surface area contributed by atoms with Gasteiger partial charge in [0.1, 0.15) is 11.6 Å². The molecular weight excluding hydrogens is 345 g/mol. The van der Waals surface area contributed by atoms with E-state index >= 15 is 0 Å². The van der Waals surface area contributed by atoms with Gasteiger partial charge in [-0.25, -0.2) is 4.39 Å². The van der Waals surface area contributed by atoms with Crippen molar-refractivity contribution >= 4 is 23.5 Å². The molecule has 9 heteroatoms. The lowest BCUT2D eigenvalue weighted by molar-refractivity contribution is -0.115. The zero-order valence-corrected chi connectivity index (χ0v) is 14.7. The Hall–Kier alpha value is -2.68. The number of anilines is 1. The van der Waals surface area contributed by atoms with Crippen molar-refractivity contribution in [2.45, 2.75) is 24.3 Å². The van der Waals surface area contributed by atoms with Gasteiger partial charge in [0.2, 0.25) is 5.91 Å². The maximum atomic E-state index is 13.9. The van der Waals surface area contributed by atoms with E-state index in [1.54, 1.807) is 49.7 Å². The lowest BCUT2D eigenvalue weighted by atomic mass is 10.2. The molecule has 1 amide bonds. The zero-order chi connectivity index (χ0) is 18.0. The van der Waals surface area contributed by atoms with Gasteiger partial charge in [-0.05, 0) is 26.0 Å². The summed E-state index contributed by atoms with van der Waals surface area (Å²) in [6.07, 6.45) is 0. The highest BCUT2D eigenvalue weighted by atomic mass is 32.2. The number of nitrogens with zero attached hydrogens (tertiary/aromatic N) is 4.